The molecule has 0 bridgehead atoms. The topological polar surface area (TPSA) is 145 Å². The second-order valence-corrected chi connectivity index (χ2v) is 11.4. The van der Waals surface area contributed by atoms with E-state index in [2.05, 4.69) is 31.4 Å². The van der Waals surface area contributed by atoms with Crippen LogP contribution in [0.2, 0.25) is 0 Å². The largest absolute Gasteiger partial charge is 0.497 e. The van der Waals surface area contributed by atoms with Gasteiger partial charge in [-0.2, -0.15) is 5.10 Å². The monoisotopic (exact) mass is 663 g/mol. The van der Waals surface area contributed by atoms with Crippen molar-refractivity contribution in [2.24, 2.45) is 12.1 Å². The van der Waals surface area contributed by atoms with E-state index in [1.807, 2.05) is 48.5 Å². The van der Waals surface area contributed by atoms with Gasteiger partial charge in [-0.15, -0.1) is 10.2 Å². The van der Waals surface area contributed by atoms with Crippen molar-refractivity contribution in [1.29, 1.82) is 0 Å². The fourth-order valence-corrected chi connectivity index (χ4v) is 5.50. The molecule has 14 heteroatoms. The molecule has 1 aliphatic rings. The zero-order chi connectivity index (χ0) is 30.5. The van der Waals surface area contributed by atoms with E-state index in [-0.39, 0.29) is 35.5 Å². The van der Waals surface area contributed by atoms with E-state index in [9.17, 15) is 19.7 Å². The minimum atomic E-state index is -0.526. The van der Waals surface area contributed by atoms with Crippen molar-refractivity contribution in [2.45, 2.75) is 24.2 Å². The average molecular weight is 665 g/mol. The van der Waals surface area contributed by atoms with Gasteiger partial charge in [0.15, 0.2) is 11.0 Å². The lowest BCUT2D eigenvalue weighted by Crippen LogP contribution is -2.28. The molecule has 1 N–H and O–H groups in total. The maximum atomic E-state index is 13.5. The number of methoxy groups -OCH3 is 1. The third-order valence-electron chi connectivity index (χ3n) is 6.84. The first-order valence-electron chi connectivity index (χ1n) is 13.1. The van der Waals surface area contributed by atoms with Gasteiger partial charge in [0.05, 0.1) is 36.1 Å². The summed E-state index contributed by atoms with van der Waals surface area (Å²) in [6.07, 6.45) is 0.562. The van der Waals surface area contributed by atoms with Crippen molar-refractivity contribution >= 4 is 50.9 Å². The summed E-state index contributed by atoms with van der Waals surface area (Å²) in [6, 6.07) is 20.5. The Morgan fingerprint density at radius 1 is 1.07 bits per heavy atom. The molecule has 0 saturated heterocycles. The van der Waals surface area contributed by atoms with Crippen LogP contribution in [0.5, 0.6) is 5.75 Å². The van der Waals surface area contributed by atoms with E-state index in [4.69, 9.17) is 9.84 Å². The van der Waals surface area contributed by atoms with E-state index in [1.54, 1.807) is 18.7 Å². The summed E-state index contributed by atoms with van der Waals surface area (Å²) in [4.78, 5) is 36.3. The number of nitrogens with one attached hydrogen (secondary N) is 1. The van der Waals surface area contributed by atoms with Gasteiger partial charge in [-0.3, -0.25) is 19.7 Å². The van der Waals surface area contributed by atoms with Crippen LogP contribution >= 0.6 is 27.7 Å². The number of hydrazone groups is 1. The van der Waals surface area contributed by atoms with Gasteiger partial charge >= 0.3 is 0 Å². The van der Waals surface area contributed by atoms with E-state index >= 15 is 0 Å². The molecule has 0 fully saturated rings. The Morgan fingerprint density at radius 3 is 2.42 bits per heavy atom. The third kappa shape index (κ3) is 6.92. The molecule has 43 heavy (non-hydrogen) atoms. The predicted octanol–water partition coefficient (Wildman–Crippen LogP) is 4.89. The number of carbonyl (C=O) groups excluding carboxylic acids is 2. The predicted molar refractivity (Wildman–Crippen MR) is 164 cm³/mol. The van der Waals surface area contributed by atoms with Crippen LogP contribution in [0.15, 0.2) is 87.5 Å². The van der Waals surface area contributed by atoms with E-state index < -0.39 is 10.8 Å². The Kier molecular flexibility index (Phi) is 9.16. The van der Waals surface area contributed by atoms with Gasteiger partial charge < -0.3 is 14.6 Å². The molecular weight excluding hydrogens is 638 g/mol. The fraction of sp³-hybridized carbons (Fsp3) is 0.207. The lowest BCUT2D eigenvalue weighted by molar-refractivity contribution is -0.384. The summed E-state index contributed by atoms with van der Waals surface area (Å²) in [5.74, 6) is 0.698. The fourth-order valence-electron chi connectivity index (χ4n) is 4.46. The average Bonchev–Trinajstić information content (AvgIpc) is 3.63. The molecule has 5 rings (SSSR count). The summed E-state index contributed by atoms with van der Waals surface area (Å²) in [6.45, 7) is 0.0837. The molecule has 4 aromatic rings. The summed E-state index contributed by atoms with van der Waals surface area (Å²) in [7, 11) is 3.36. The zero-order valence-electron chi connectivity index (χ0n) is 23.1. The van der Waals surface area contributed by atoms with Crippen LogP contribution in [-0.2, 0) is 18.4 Å². The van der Waals surface area contributed by atoms with Gasteiger partial charge in [0.2, 0.25) is 0 Å². The molecular formula is C29H26BrN7O5S. The highest BCUT2D eigenvalue weighted by Crippen LogP contribution is 2.34. The molecule has 0 radical (unpaired) electrons. The van der Waals surface area contributed by atoms with E-state index in [0.29, 0.717) is 17.4 Å². The molecule has 1 unspecified atom stereocenters. The highest BCUT2D eigenvalue weighted by molar-refractivity contribution is 9.10. The first-order valence-corrected chi connectivity index (χ1v) is 14.8. The number of nitrogens with zero attached hydrogens (tertiary/aromatic N) is 6. The number of hydrogen-bond acceptors (Lipinski definition) is 9. The van der Waals surface area contributed by atoms with Gasteiger partial charge in [-0.05, 0) is 47.5 Å². The number of non-ortho nitro benzene ring substituents is 1. The van der Waals surface area contributed by atoms with Gasteiger partial charge in [0.1, 0.15) is 5.75 Å². The molecule has 220 valence electrons. The van der Waals surface area contributed by atoms with Crippen molar-refractivity contribution in [2.75, 3.05) is 12.9 Å². The van der Waals surface area contributed by atoms with Crippen molar-refractivity contribution < 1.29 is 19.2 Å². The molecule has 3 aromatic carbocycles. The maximum absolute atomic E-state index is 13.5. The van der Waals surface area contributed by atoms with Gasteiger partial charge in [-0.1, -0.05) is 52.0 Å². The molecule has 1 aromatic heterocycles. The first kappa shape index (κ1) is 29.9. The molecule has 1 aliphatic heterocycles. The van der Waals surface area contributed by atoms with Crippen LogP contribution in [0.25, 0.3) is 0 Å². The van der Waals surface area contributed by atoms with E-state index in [1.165, 1.54) is 41.0 Å². The molecule has 12 nitrogen and oxygen atoms in total. The summed E-state index contributed by atoms with van der Waals surface area (Å²) in [5.41, 5.74) is 2.89. The Balaban J connectivity index is 1.25. The van der Waals surface area contributed by atoms with Crippen molar-refractivity contribution in [1.82, 2.24) is 25.1 Å². The Labute approximate surface area is 259 Å². The zero-order valence-corrected chi connectivity index (χ0v) is 25.5. The SMILES string of the molecule is COc1ccc(C2CC(c3ccc(Br)cc3)=NN2C(=O)CSc2nnc(CNC(=O)c3ccc([N+](=O)[O-])cc3)n2C)cc1. The number of ether oxygens (including phenoxy) is 1. The summed E-state index contributed by atoms with van der Waals surface area (Å²) < 4.78 is 7.96. The number of nitro benzene ring substituents is 1. The van der Waals surface area contributed by atoms with Crippen LogP contribution < -0.4 is 10.1 Å². The Morgan fingerprint density at radius 2 is 1.77 bits per heavy atom. The normalized spacial score (nSPS) is 14.3. The molecule has 0 spiro atoms. The van der Waals surface area contributed by atoms with Crippen molar-refractivity contribution in [3.05, 3.63) is 110 Å². The second kappa shape index (κ2) is 13.2. The number of thioether (sulfide) groups is 1. The number of halogens is 1. The first-order chi connectivity index (χ1) is 20.7. The summed E-state index contributed by atoms with van der Waals surface area (Å²) in [5, 5.41) is 28.7. The van der Waals surface area contributed by atoms with Gasteiger partial charge in [0, 0.05) is 35.6 Å². The minimum Gasteiger partial charge on any atom is -0.497 e. The lowest BCUT2D eigenvalue weighted by Gasteiger charge is -2.22. The number of rotatable bonds is 10. The Hall–Kier alpha value is -4.56. The van der Waals surface area contributed by atoms with Gasteiger partial charge in [-0.25, -0.2) is 5.01 Å². The summed E-state index contributed by atoms with van der Waals surface area (Å²) >= 11 is 4.69. The smallest absolute Gasteiger partial charge is 0.269 e. The number of carbonyl (C=O) groups is 2. The highest BCUT2D eigenvalue weighted by Gasteiger charge is 2.33. The standard InChI is InChI=1S/C29H26BrN7O5S/c1-35-26(16-31-28(39)20-5-11-22(12-6-20)37(40)41)32-33-29(35)43-17-27(38)36-25(19-7-13-23(42-2)14-8-19)15-24(34-36)18-3-9-21(30)10-4-18/h3-14,25H,15-17H2,1-2H3,(H,31,39). The minimum absolute atomic E-state index is 0.0743. The van der Waals surface area contributed by atoms with Crippen molar-refractivity contribution in [3.63, 3.8) is 0 Å². The third-order valence-corrected chi connectivity index (χ3v) is 8.37. The molecule has 2 amide bonds. The molecule has 0 aliphatic carbocycles. The van der Waals surface area contributed by atoms with Gasteiger partial charge in [0.25, 0.3) is 17.5 Å². The van der Waals surface area contributed by atoms with Crippen LogP contribution in [0.4, 0.5) is 5.69 Å². The number of hydrogen-bond donors (Lipinski definition) is 1. The number of benzene rings is 3. The molecule has 0 saturated carbocycles. The maximum Gasteiger partial charge on any atom is 0.269 e. The number of amides is 2. The van der Waals surface area contributed by atoms with Crippen LogP contribution in [0.3, 0.4) is 0 Å². The van der Waals surface area contributed by atoms with Crippen molar-refractivity contribution in [3.8, 4) is 5.75 Å². The molecule has 1 atom stereocenters. The van der Waals surface area contributed by atoms with Crippen LogP contribution in [-0.4, -0.2) is 55.1 Å². The lowest BCUT2D eigenvalue weighted by atomic mass is 9.98. The highest BCUT2D eigenvalue weighted by atomic mass is 79.9. The molecule has 2 heterocycles. The number of aromatic nitrogens is 3. The van der Waals surface area contributed by atoms with Crippen LogP contribution in [0, 0.1) is 10.1 Å². The Bertz CT molecular complexity index is 1680. The number of nitro groups is 1. The van der Waals surface area contributed by atoms with Crippen LogP contribution in [0.1, 0.15) is 39.8 Å². The quantitative estimate of drug-likeness (QED) is 0.143. The second-order valence-electron chi connectivity index (χ2n) is 9.52. The van der Waals surface area contributed by atoms with E-state index in [0.717, 1.165) is 27.1 Å².